The van der Waals surface area contributed by atoms with Crippen LogP contribution in [-0.2, 0) is 4.74 Å². The number of nitrogens with zero attached hydrogens (tertiary/aromatic N) is 1. The van der Waals surface area contributed by atoms with Crippen LogP contribution in [0.4, 0.5) is 0 Å². The van der Waals surface area contributed by atoms with Crippen LogP contribution in [0.2, 0.25) is 0 Å². The van der Waals surface area contributed by atoms with Gasteiger partial charge in [-0.05, 0) is 14.1 Å². The van der Waals surface area contributed by atoms with Crippen molar-refractivity contribution in [3.8, 4) is 0 Å². The molecule has 14 heavy (non-hydrogen) atoms. The summed E-state index contributed by atoms with van der Waals surface area (Å²) in [5.74, 6) is 0. The second-order valence-electron chi connectivity index (χ2n) is 3.68. The molecule has 0 bridgehead atoms. The van der Waals surface area contributed by atoms with Crippen molar-refractivity contribution in [2.24, 2.45) is 0 Å². The average Bonchev–Trinajstić information content (AvgIpc) is 2.10. The van der Waals surface area contributed by atoms with Gasteiger partial charge in [-0.25, -0.2) is 0 Å². The Morgan fingerprint density at radius 1 is 1.14 bits per heavy atom. The molecule has 0 spiro atoms. The number of aliphatic hydroxyl groups excluding tert-OH is 4. The Morgan fingerprint density at radius 3 is 2.14 bits per heavy atom. The van der Waals surface area contributed by atoms with E-state index in [1.165, 1.54) is 0 Å². The van der Waals surface area contributed by atoms with Gasteiger partial charge < -0.3 is 25.2 Å². The summed E-state index contributed by atoms with van der Waals surface area (Å²) in [6.45, 7) is -0.435. The predicted octanol–water partition coefficient (Wildman–Crippen LogP) is -2.65. The minimum atomic E-state index is -1.21. The van der Waals surface area contributed by atoms with Crippen LogP contribution in [0, 0.1) is 0 Å². The normalized spacial score (nSPS) is 44.4. The first kappa shape index (κ1) is 11.8. The molecule has 0 amide bonds. The molecule has 0 saturated carbocycles. The highest BCUT2D eigenvalue weighted by Gasteiger charge is 2.44. The lowest BCUT2D eigenvalue weighted by atomic mass is 9.96. The highest BCUT2D eigenvalue weighted by molar-refractivity contribution is 4.92. The molecule has 0 radical (unpaired) electrons. The Labute approximate surface area is 82.3 Å². The zero-order chi connectivity index (χ0) is 10.9. The molecule has 0 aromatic rings. The summed E-state index contributed by atoms with van der Waals surface area (Å²) in [4.78, 5) is 1.56. The standard InChI is InChI=1S/C8H17NO5/c1-9(2)5-7(12)6(11)4(3-10)14-8(5)13/h4-8,10-13H,3H2,1-2H3/t4-,5+,6-,7+,8-/m1/s1. The van der Waals surface area contributed by atoms with Gasteiger partial charge in [0.2, 0.25) is 0 Å². The molecule has 6 heteroatoms. The van der Waals surface area contributed by atoms with E-state index < -0.39 is 37.3 Å². The Morgan fingerprint density at radius 2 is 1.71 bits per heavy atom. The minimum absolute atomic E-state index is 0.435. The maximum absolute atomic E-state index is 9.64. The molecule has 0 unspecified atom stereocenters. The van der Waals surface area contributed by atoms with Crippen molar-refractivity contribution in [1.82, 2.24) is 4.90 Å². The van der Waals surface area contributed by atoms with Gasteiger partial charge in [-0.3, -0.25) is 4.90 Å². The third kappa shape index (κ3) is 2.05. The second-order valence-corrected chi connectivity index (χ2v) is 3.68. The van der Waals surface area contributed by atoms with E-state index in [2.05, 4.69) is 0 Å². The van der Waals surface area contributed by atoms with Crippen LogP contribution in [0.3, 0.4) is 0 Å². The molecule has 0 aliphatic carbocycles. The fourth-order valence-corrected chi connectivity index (χ4v) is 1.64. The van der Waals surface area contributed by atoms with Gasteiger partial charge in [0.25, 0.3) is 0 Å². The quantitative estimate of drug-likeness (QED) is 0.395. The van der Waals surface area contributed by atoms with Gasteiger partial charge in [0.15, 0.2) is 6.29 Å². The number of rotatable bonds is 2. The van der Waals surface area contributed by atoms with Gasteiger partial charge >= 0.3 is 0 Å². The fourth-order valence-electron chi connectivity index (χ4n) is 1.64. The van der Waals surface area contributed by atoms with Gasteiger partial charge in [-0.1, -0.05) is 0 Å². The smallest absolute Gasteiger partial charge is 0.173 e. The molecule has 1 rings (SSSR count). The molecular formula is C8H17NO5. The van der Waals surface area contributed by atoms with Crippen LogP contribution in [0.25, 0.3) is 0 Å². The summed E-state index contributed by atoms with van der Waals surface area (Å²) in [6.07, 6.45) is -4.46. The van der Waals surface area contributed by atoms with E-state index in [-0.39, 0.29) is 0 Å². The molecule has 5 atom stereocenters. The van der Waals surface area contributed by atoms with Crippen molar-refractivity contribution in [1.29, 1.82) is 0 Å². The van der Waals surface area contributed by atoms with E-state index in [9.17, 15) is 15.3 Å². The third-order valence-corrected chi connectivity index (χ3v) is 2.46. The van der Waals surface area contributed by atoms with E-state index in [1.807, 2.05) is 0 Å². The first-order chi connectivity index (χ1) is 6.49. The maximum atomic E-state index is 9.64. The summed E-state index contributed by atoms with van der Waals surface area (Å²) >= 11 is 0. The highest BCUT2D eigenvalue weighted by Crippen LogP contribution is 2.22. The van der Waals surface area contributed by atoms with Crippen molar-refractivity contribution in [3.05, 3.63) is 0 Å². The van der Waals surface area contributed by atoms with Crippen molar-refractivity contribution in [2.75, 3.05) is 20.7 Å². The number of aliphatic hydroxyl groups is 4. The van der Waals surface area contributed by atoms with E-state index in [1.54, 1.807) is 19.0 Å². The van der Waals surface area contributed by atoms with Gasteiger partial charge in [0, 0.05) is 0 Å². The summed E-state index contributed by atoms with van der Waals surface area (Å²) in [5.41, 5.74) is 0. The third-order valence-electron chi connectivity index (χ3n) is 2.46. The van der Waals surface area contributed by atoms with Crippen LogP contribution >= 0.6 is 0 Å². The number of hydrogen-bond donors (Lipinski definition) is 4. The van der Waals surface area contributed by atoms with Crippen LogP contribution in [-0.4, -0.2) is 76.7 Å². The molecule has 0 aromatic heterocycles. The highest BCUT2D eigenvalue weighted by atomic mass is 16.6. The lowest BCUT2D eigenvalue weighted by Gasteiger charge is -2.42. The Bertz CT molecular complexity index is 189. The summed E-state index contributed by atoms with van der Waals surface area (Å²) in [5, 5.41) is 37.4. The lowest BCUT2D eigenvalue weighted by Crippen LogP contribution is -2.62. The summed E-state index contributed by atoms with van der Waals surface area (Å²) < 4.78 is 4.95. The molecule has 6 nitrogen and oxygen atoms in total. The molecule has 1 aliphatic heterocycles. The van der Waals surface area contributed by atoms with Gasteiger partial charge in [0.1, 0.15) is 18.3 Å². The first-order valence-corrected chi connectivity index (χ1v) is 4.46. The Balaban J connectivity index is 2.74. The Hall–Kier alpha value is -0.240. The maximum Gasteiger partial charge on any atom is 0.173 e. The van der Waals surface area contributed by atoms with Crippen molar-refractivity contribution >= 4 is 0 Å². The summed E-state index contributed by atoms with van der Waals surface area (Å²) in [6, 6.07) is -0.687. The van der Waals surface area contributed by atoms with Crippen LogP contribution < -0.4 is 0 Å². The molecule has 4 N–H and O–H groups in total. The van der Waals surface area contributed by atoms with Gasteiger partial charge in [-0.2, -0.15) is 0 Å². The number of hydrogen-bond acceptors (Lipinski definition) is 6. The van der Waals surface area contributed by atoms with Crippen molar-refractivity contribution in [2.45, 2.75) is 30.6 Å². The monoisotopic (exact) mass is 207 g/mol. The molecule has 84 valence electrons. The van der Waals surface area contributed by atoms with Crippen molar-refractivity contribution < 1.29 is 25.2 Å². The van der Waals surface area contributed by atoms with Crippen LogP contribution in [0.5, 0.6) is 0 Å². The van der Waals surface area contributed by atoms with Gasteiger partial charge in [0.05, 0.1) is 12.6 Å². The first-order valence-electron chi connectivity index (χ1n) is 4.46. The van der Waals surface area contributed by atoms with E-state index >= 15 is 0 Å². The molecule has 0 aromatic carbocycles. The molecule has 1 heterocycles. The number of ether oxygens (including phenoxy) is 1. The summed E-state index contributed by atoms with van der Waals surface area (Å²) in [7, 11) is 3.32. The van der Waals surface area contributed by atoms with E-state index in [0.29, 0.717) is 0 Å². The zero-order valence-electron chi connectivity index (χ0n) is 8.24. The minimum Gasteiger partial charge on any atom is -0.394 e. The Kier molecular flexibility index (Phi) is 3.82. The zero-order valence-corrected chi connectivity index (χ0v) is 8.24. The predicted molar refractivity (Wildman–Crippen MR) is 47.5 cm³/mol. The van der Waals surface area contributed by atoms with E-state index in [4.69, 9.17) is 9.84 Å². The molecular weight excluding hydrogens is 190 g/mol. The van der Waals surface area contributed by atoms with Gasteiger partial charge in [-0.15, -0.1) is 0 Å². The molecule has 1 fully saturated rings. The lowest BCUT2D eigenvalue weighted by molar-refractivity contribution is -0.268. The van der Waals surface area contributed by atoms with Crippen LogP contribution in [0.15, 0.2) is 0 Å². The van der Waals surface area contributed by atoms with Crippen molar-refractivity contribution in [3.63, 3.8) is 0 Å². The fraction of sp³-hybridized carbons (Fsp3) is 1.00. The molecule has 1 aliphatic rings. The topological polar surface area (TPSA) is 93.4 Å². The SMILES string of the molecule is CN(C)[C@H]1[C@H](O)[C@H](O)[C@@H](CO)O[C@H]1O. The average molecular weight is 207 g/mol. The van der Waals surface area contributed by atoms with Crippen LogP contribution in [0.1, 0.15) is 0 Å². The molecule has 1 saturated heterocycles. The number of likely N-dealkylation sites (N-methyl/N-ethyl adjacent to an activating group) is 1. The second kappa shape index (κ2) is 4.52. The largest absolute Gasteiger partial charge is 0.394 e. The van der Waals surface area contributed by atoms with E-state index in [0.717, 1.165) is 0 Å².